The summed E-state index contributed by atoms with van der Waals surface area (Å²) in [5.74, 6) is 1.71. The van der Waals surface area contributed by atoms with Crippen LogP contribution < -0.4 is 15.2 Å². The lowest BCUT2D eigenvalue weighted by molar-refractivity contribution is 0.121. The number of aromatic nitrogens is 3. The van der Waals surface area contributed by atoms with Gasteiger partial charge in [0.25, 0.3) is 0 Å². The van der Waals surface area contributed by atoms with Crippen LogP contribution in [0.1, 0.15) is 12.5 Å². The van der Waals surface area contributed by atoms with E-state index in [-0.39, 0.29) is 0 Å². The van der Waals surface area contributed by atoms with Crippen LogP contribution in [-0.2, 0) is 9.47 Å². The van der Waals surface area contributed by atoms with Crippen LogP contribution in [0.2, 0.25) is 0 Å². The summed E-state index contributed by atoms with van der Waals surface area (Å²) < 4.78 is 11.9. The number of ether oxygens (including phenoxy) is 2. The van der Waals surface area contributed by atoms with Crippen molar-refractivity contribution in [1.82, 2.24) is 15.0 Å². The number of anilines is 3. The molecule has 10 heteroatoms. The van der Waals surface area contributed by atoms with Gasteiger partial charge in [-0.15, -0.1) is 0 Å². The number of nitrogens with zero attached hydrogens (tertiary/aromatic N) is 6. The van der Waals surface area contributed by atoms with Crippen LogP contribution in [0.3, 0.4) is 0 Å². The van der Waals surface area contributed by atoms with Crippen molar-refractivity contribution in [1.29, 1.82) is 0 Å². The van der Waals surface area contributed by atoms with Crippen molar-refractivity contribution in [2.75, 3.05) is 67.8 Å². The van der Waals surface area contributed by atoms with Crippen molar-refractivity contribution in [2.45, 2.75) is 6.92 Å². The molecule has 154 valence electrons. The highest BCUT2D eigenvalue weighted by Gasteiger charge is 2.20. The van der Waals surface area contributed by atoms with E-state index in [2.05, 4.69) is 46.2 Å². The zero-order valence-corrected chi connectivity index (χ0v) is 17.9. The molecule has 1 aromatic carbocycles. The van der Waals surface area contributed by atoms with E-state index in [1.807, 2.05) is 31.2 Å². The Morgan fingerprint density at radius 2 is 1.41 bits per heavy atom. The molecule has 0 saturated carbocycles. The molecule has 0 atom stereocenters. The number of nitrogens with one attached hydrogen (secondary N) is 1. The Bertz CT molecular complexity index is 814. The van der Waals surface area contributed by atoms with Gasteiger partial charge < -0.3 is 19.3 Å². The lowest BCUT2D eigenvalue weighted by Crippen LogP contribution is -2.40. The van der Waals surface area contributed by atoms with E-state index in [9.17, 15) is 0 Å². The minimum atomic E-state index is 0.430. The molecule has 2 aromatic rings. The summed E-state index contributed by atoms with van der Waals surface area (Å²) in [7, 11) is 0. The fraction of sp³-hybridized carbons (Fsp3) is 0.474. The topological polar surface area (TPSA) is 88.0 Å². The van der Waals surface area contributed by atoms with Gasteiger partial charge in [0, 0.05) is 30.7 Å². The monoisotopic (exact) mass is 461 g/mol. The molecule has 1 N–H and O–H groups in total. The molecule has 0 radical (unpaired) electrons. The second-order valence-electron chi connectivity index (χ2n) is 6.77. The van der Waals surface area contributed by atoms with Gasteiger partial charge in [-0.05, 0) is 24.6 Å². The summed E-state index contributed by atoms with van der Waals surface area (Å²) in [6, 6.07) is 8.00. The van der Waals surface area contributed by atoms with E-state index in [0.717, 1.165) is 41.9 Å². The zero-order valence-electron chi connectivity index (χ0n) is 16.3. The second-order valence-corrected chi connectivity index (χ2v) is 7.69. The van der Waals surface area contributed by atoms with E-state index in [4.69, 9.17) is 14.5 Å². The Labute approximate surface area is 178 Å². The Morgan fingerprint density at radius 3 is 1.93 bits per heavy atom. The lowest BCUT2D eigenvalue weighted by Gasteiger charge is -2.30. The van der Waals surface area contributed by atoms with Crippen molar-refractivity contribution in [3.05, 3.63) is 34.3 Å². The van der Waals surface area contributed by atoms with Gasteiger partial charge in [0.15, 0.2) is 0 Å². The first kappa shape index (κ1) is 20.0. The van der Waals surface area contributed by atoms with Crippen LogP contribution in [0.4, 0.5) is 17.8 Å². The summed E-state index contributed by atoms with van der Waals surface area (Å²) in [5, 5.41) is 4.48. The number of benzene rings is 1. The molecule has 2 aliphatic rings. The molecule has 0 spiro atoms. The molecule has 1 aromatic heterocycles. The number of morpholine rings is 2. The fourth-order valence-corrected chi connectivity index (χ4v) is 3.37. The third-order valence-corrected chi connectivity index (χ3v) is 5.31. The predicted octanol–water partition coefficient (Wildman–Crippen LogP) is 2.14. The average molecular weight is 462 g/mol. The molecule has 2 saturated heterocycles. The molecule has 0 unspecified atom stereocenters. The van der Waals surface area contributed by atoms with E-state index >= 15 is 0 Å². The van der Waals surface area contributed by atoms with Gasteiger partial charge in [0.05, 0.1) is 32.1 Å². The molecule has 0 bridgehead atoms. The second kappa shape index (κ2) is 9.47. The van der Waals surface area contributed by atoms with Gasteiger partial charge in [0.1, 0.15) is 0 Å². The van der Waals surface area contributed by atoms with Gasteiger partial charge >= 0.3 is 0 Å². The van der Waals surface area contributed by atoms with Crippen LogP contribution in [0.15, 0.2) is 33.8 Å². The van der Waals surface area contributed by atoms with Crippen molar-refractivity contribution in [3.63, 3.8) is 0 Å². The molecule has 0 aliphatic carbocycles. The number of halogens is 1. The number of hydrazone groups is 1. The molecular formula is C19H24BrN7O2. The SMILES string of the molecule is C/C(=N/Nc1nc(N2CCOCC2)nc(N2CCOCC2)n1)c1ccc(Br)cc1. The van der Waals surface area contributed by atoms with Crippen LogP contribution in [-0.4, -0.2) is 73.3 Å². The van der Waals surface area contributed by atoms with Crippen LogP contribution >= 0.6 is 15.9 Å². The summed E-state index contributed by atoms with van der Waals surface area (Å²) in [4.78, 5) is 18.1. The Morgan fingerprint density at radius 1 is 0.897 bits per heavy atom. The number of hydrogen-bond acceptors (Lipinski definition) is 9. The highest BCUT2D eigenvalue weighted by Crippen LogP contribution is 2.19. The van der Waals surface area contributed by atoms with E-state index in [1.54, 1.807) is 0 Å². The van der Waals surface area contributed by atoms with Crippen molar-refractivity contribution in [2.24, 2.45) is 5.10 Å². The quantitative estimate of drug-likeness (QED) is 0.535. The van der Waals surface area contributed by atoms with Crippen molar-refractivity contribution < 1.29 is 9.47 Å². The number of hydrogen-bond donors (Lipinski definition) is 1. The fourth-order valence-electron chi connectivity index (χ4n) is 3.10. The largest absolute Gasteiger partial charge is 0.378 e. The average Bonchev–Trinajstić information content (AvgIpc) is 2.79. The third-order valence-electron chi connectivity index (χ3n) is 4.79. The van der Waals surface area contributed by atoms with E-state index < -0.39 is 0 Å². The molecule has 29 heavy (non-hydrogen) atoms. The van der Waals surface area contributed by atoms with Crippen LogP contribution in [0, 0.1) is 0 Å². The Balaban J connectivity index is 1.58. The maximum Gasteiger partial charge on any atom is 0.250 e. The van der Waals surface area contributed by atoms with E-state index in [0.29, 0.717) is 44.3 Å². The number of rotatable bonds is 5. The van der Waals surface area contributed by atoms with Gasteiger partial charge in [-0.1, -0.05) is 28.1 Å². The highest BCUT2D eigenvalue weighted by molar-refractivity contribution is 9.10. The van der Waals surface area contributed by atoms with Crippen LogP contribution in [0.5, 0.6) is 0 Å². The normalized spacial score (nSPS) is 18.1. The lowest BCUT2D eigenvalue weighted by atomic mass is 10.1. The van der Waals surface area contributed by atoms with Gasteiger partial charge in [-0.2, -0.15) is 20.1 Å². The molecule has 2 aliphatic heterocycles. The zero-order chi connectivity index (χ0) is 20.1. The summed E-state index contributed by atoms with van der Waals surface area (Å²) in [6.45, 7) is 7.65. The van der Waals surface area contributed by atoms with Gasteiger partial charge in [-0.25, -0.2) is 5.43 Å². The molecule has 2 fully saturated rings. The summed E-state index contributed by atoms with van der Waals surface area (Å²) in [5.41, 5.74) is 4.89. The van der Waals surface area contributed by atoms with Crippen LogP contribution in [0.25, 0.3) is 0 Å². The van der Waals surface area contributed by atoms with E-state index in [1.165, 1.54) is 0 Å². The molecule has 0 amide bonds. The molecular weight excluding hydrogens is 438 g/mol. The highest BCUT2D eigenvalue weighted by atomic mass is 79.9. The third kappa shape index (κ3) is 5.20. The van der Waals surface area contributed by atoms with Crippen molar-refractivity contribution >= 4 is 39.5 Å². The molecule has 4 rings (SSSR count). The van der Waals surface area contributed by atoms with Gasteiger partial charge in [0.2, 0.25) is 17.8 Å². The van der Waals surface area contributed by atoms with Crippen molar-refractivity contribution in [3.8, 4) is 0 Å². The Hall–Kier alpha value is -2.30. The maximum absolute atomic E-state index is 5.45. The maximum atomic E-state index is 5.45. The molecule has 9 nitrogen and oxygen atoms in total. The first-order chi connectivity index (χ1) is 14.2. The van der Waals surface area contributed by atoms with Gasteiger partial charge in [-0.3, -0.25) is 0 Å². The minimum absolute atomic E-state index is 0.430. The summed E-state index contributed by atoms with van der Waals surface area (Å²) in [6.07, 6.45) is 0. The first-order valence-electron chi connectivity index (χ1n) is 9.67. The first-order valence-corrected chi connectivity index (χ1v) is 10.5. The standard InChI is InChI=1S/C19H24BrN7O2/c1-14(15-2-4-16(20)5-3-15)24-25-17-21-18(26-6-10-28-11-7-26)23-19(22-17)27-8-12-29-13-9-27/h2-5H,6-13H2,1H3,(H,21,22,23,25)/b24-14-. The summed E-state index contributed by atoms with van der Waals surface area (Å²) >= 11 is 3.45. The minimum Gasteiger partial charge on any atom is -0.378 e. The Kier molecular flexibility index (Phi) is 6.53. The predicted molar refractivity (Wildman–Crippen MR) is 116 cm³/mol. The molecule has 3 heterocycles. The smallest absolute Gasteiger partial charge is 0.250 e.